The molecule has 0 aliphatic carbocycles. The molecule has 1 rings (SSSR count). The maximum atomic E-state index is 9.12. The van der Waals surface area contributed by atoms with Crippen LogP contribution in [0.25, 0.3) is 0 Å². The van der Waals surface area contributed by atoms with Crippen molar-refractivity contribution in [2.75, 3.05) is 6.61 Å². The van der Waals surface area contributed by atoms with Crippen molar-refractivity contribution in [3.63, 3.8) is 0 Å². The van der Waals surface area contributed by atoms with Gasteiger partial charge < -0.3 is 15.9 Å². The maximum absolute atomic E-state index is 9.12. The number of halogens is 1. The number of rotatable bonds is 2. The Morgan fingerprint density at radius 2 is 2.17 bits per heavy atom. The van der Waals surface area contributed by atoms with Gasteiger partial charge in [0.2, 0.25) is 0 Å². The molecule has 0 fully saturated rings. The predicted molar refractivity (Wildman–Crippen MR) is 49.8 cm³/mol. The van der Waals surface area contributed by atoms with Gasteiger partial charge in [-0.15, -0.1) is 0 Å². The van der Waals surface area contributed by atoms with Crippen molar-refractivity contribution in [1.82, 2.24) is 0 Å². The Hall–Kier alpha value is -0.580. The summed E-state index contributed by atoms with van der Waals surface area (Å²) in [5.41, 5.74) is 6.28. The van der Waals surface area contributed by atoms with Crippen LogP contribution < -0.4 is 5.73 Å². The molecule has 1 aromatic rings. The average Bonchev–Trinajstić information content (AvgIpc) is 2.08. The molecule has 0 radical (unpaired) electrons. The van der Waals surface area contributed by atoms with Crippen molar-refractivity contribution in [1.29, 1.82) is 0 Å². The third-order valence-corrected chi connectivity index (χ3v) is 2.30. The van der Waals surface area contributed by atoms with Gasteiger partial charge >= 0.3 is 0 Å². The molecule has 0 bridgehead atoms. The van der Waals surface area contributed by atoms with E-state index in [0.717, 1.165) is 4.47 Å². The molecule has 3 nitrogen and oxygen atoms in total. The largest absolute Gasteiger partial charge is 0.508 e. The third-order valence-electron chi connectivity index (χ3n) is 1.58. The summed E-state index contributed by atoms with van der Waals surface area (Å²) < 4.78 is 0.793. The lowest BCUT2D eigenvalue weighted by Crippen LogP contribution is -2.14. The molecule has 0 heterocycles. The lowest BCUT2D eigenvalue weighted by Gasteiger charge is -2.10. The second-order valence-electron chi connectivity index (χ2n) is 2.49. The minimum absolute atomic E-state index is 0.137. The highest BCUT2D eigenvalue weighted by Crippen LogP contribution is 2.25. The van der Waals surface area contributed by atoms with E-state index in [1.807, 2.05) is 0 Å². The number of aromatic hydroxyl groups is 1. The number of phenols is 1. The first kappa shape index (κ1) is 9.51. The molecule has 4 N–H and O–H groups in total. The van der Waals surface area contributed by atoms with E-state index in [2.05, 4.69) is 15.9 Å². The van der Waals surface area contributed by atoms with E-state index >= 15 is 0 Å². The van der Waals surface area contributed by atoms with Crippen LogP contribution in [0.2, 0.25) is 0 Å². The fourth-order valence-electron chi connectivity index (χ4n) is 0.914. The molecule has 0 spiro atoms. The van der Waals surface area contributed by atoms with E-state index < -0.39 is 6.04 Å². The van der Waals surface area contributed by atoms with Crippen molar-refractivity contribution >= 4 is 15.9 Å². The number of aliphatic hydroxyl groups excluding tert-OH is 1. The van der Waals surface area contributed by atoms with E-state index in [1.165, 1.54) is 6.07 Å². The second kappa shape index (κ2) is 3.89. The SMILES string of the molecule is N[C@H](CO)c1cc(O)ccc1Br. The smallest absolute Gasteiger partial charge is 0.115 e. The van der Waals surface area contributed by atoms with Crippen LogP contribution in [-0.4, -0.2) is 16.8 Å². The van der Waals surface area contributed by atoms with Crippen LogP contribution in [0, 0.1) is 0 Å². The summed E-state index contributed by atoms with van der Waals surface area (Å²) in [5.74, 6) is 0.150. The first-order valence-electron chi connectivity index (χ1n) is 3.50. The van der Waals surface area contributed by atoms with Gasteiger partial charge in [-0.25, -0.2) is 0 Å². The van der Waals surface area contributed by atoms with Crippen LogP contribution in [0.4, 0.5) is 0 Å². The summed E-state index contributed by atoms with van der Waals surface area (Å²) in [6, 6.07) is 4.33. The Bertz CT molecular complexity index is 278. The summed E-state index contributed by atoms with van der Waals surface area (Å²) in [6.07, 6.45) is 0. The topological polar surface area (TPSA) is 66.5 Å². The van der Waals surface area contributed by atoms with E-state index in [4.69, 9.17) is 15.9 Å². The fraction of sp³-hybridized carbons (Fsp3) is 0.250. The van der Waals surface area contributed by atoms with Crippen LogP contribution in [0.15, 0.2) is 22.7 Å². The van der Waals surface area contributed by atoms with Crippen LogP contribution in [-0.2, 0) is 0 Å². The number of nitrogens with two attached hydrogens (primary N) is 1. The standard InChI is InChI=1S/C8H10BrNO2/c9-7-2-1-5(12)3-6(7)8(10)4-11/h1-3,8,11-12H,4,10H2/t8-/m1/s1. The molecule has 4 heteroatoms. The highest BCUT2D eigenvalue weighted by molar-refractivity contribution is 9.10. The molecule has 0 aliphatic heterocycles. The molecule has 66 valence electrons. The third kappa shape index (κ3) is 1.97. The van der Waals surface area contributed by atoms with Gasteiger partial charge in [0.05, 0.1) is 12.6 Å². The Balaban J connectivity index is 3.04. The van der Waals surface area contributed by atoms with Gasteiger partial charge in [0, 0.05) is 4.47 Å². The Kier molecular flexibility index (Phi) is 3.08. The number of phenolic OH excluding ortho intramolecular Hbond substituents is 1. The molecule has 0 saturated heterocycles. The monoisotopic (exact) mass is 231 g/mol. The van der Waals surface area contributed by atoms with Gasteiger partial charge in [-0.3, -0.25) is 0 Å². The zero-order valence-corrected chi connectivity index (χ0v) is 7.95. The van der Waals surface area contributed by atoms with Gasteiger partial charge in [0.15, 0.2) is 0 Å². The van der Waals surface area contributed by atoms with Crippen LogP contribution >= 0.6 is 15.9 Å². The van der Waals surface area contributed by atoms with Crippen LogP contribution in [0.1, 0.15) is 11.6 Å². The molecular formula is C8H10BrNO2. The number of hydrogen-bond donors (Lipinski definition) is 3. The molecule has 0 amide bonds. The molecule has 1 atom stereocenters. The second-order valence-corrected chi connectivity index (χ2v) is 3.35. The molecule has 0 aromatic heterocycles. The first-order valence-corrected chi connectivity index (χ1v) is 4.29. The minimum atomic E-state index is -0.452. The van der Waals surface area contributed by atoms with Crippen LogP contribution in [0.5, 0.6) is 5.75 Å². The predicted octanol–water partition coefficient (Wildman–Crippen LogP) is 1.15. The number of aliphatic hydroxyl groups is 1. The average molecular weight is 232 g/mol. The van der Waals surface area contributed by atoms with Gasteiger partial charge in [0.1, 0.15) is 5.75 Å². The summed E-state index contributed by atoms with van der Waals surface area (Å²) in [4.78, 5) is 0. The minimum Gasteiger partial charge on any atom is -0.508 e. The van der Waals surface area contributed by atoms with Gasteiger partial charge in [0.25, 0.3) is 0 Å². The quantitative estimate of drug-likeness (QED) is 0.716. The summed E-state index contributed by atoms with van der Waals surface area (Å²) in [7, 11) is 0. The number of benzene rings is 1. The molecule has 12 heavy (non-hydrogen) atoms. The van der Waals surface area contributed by atoms with Crippen molar-refractivity contribution in [3.8, 4) is 5.75 Å². The van der Waals surface area contributed by atoms with Crippen LogP contribution in [0.3, 0.4) is 0 Å². The van der Waals surface area contributed by atoms with E-state index in [-0.39, 0.29) is 12.4 Å². The summed E-state index contributed by atoms with van der Waals surface area (Å²) in [5, 5.41) is 17.9. The van der Waals surface area contributed by atoms with Gasteiger partial charge in [-0.1, -0.05) is 15.9 Å². The molecule has 1 aromatic carbocycles. The highest BCUT2D eigenvalue weighted by atomic mass is 79.9. The molecule has 0 unspecified atom stereocenters. The maximum Gasteiger partial charge on any atom is 0.115 e. The molecule has 0 saturated carbocycles. The van der Waals surface area contributed by atoms with Gasteiger partial charge in [-0.05, 0) is 23.8 Å². The van der Waals surface area contributed by atoms with Crippen molar-refractivity contribution in [3.05, 3.63) is 28.2 Å². The molecular weight excluding hydrogens is 222 g/mol. The Morgan fingerprint density at radius 3 is 2.75 bits per heavy atom. The van der Waals surface area contributed by atoms with E-state index in [9.17, 15) is 0 Å². The summed E-state index contributed by atoms with van der Waals surface area (Å²) in [6.45, 7) is -0.137. The lowest BCUT2D eigenvalue weighted by atomic mass is 10.1. The van der Waals surface area contributed by atoms with Crippen molar-refractivity contribution < 1.29 is 10.2 Å². The van der Waals surface area contributed by atoms with Crippen molar-refractivity contribution in [2.45, 2.75) is 6.04 Å². The Morgan fingerprint density at radius 1 is 1.50 bits per heavy atom. The van der Waals surface area contributed by atoms with Gasteiger partial charge in [-0.2, -0.15) is 0 Å². The normalized spacial score (nSPS) is 12.9. The highest BCUT2D eigenvalue weighted by Gasteiger charge is 2.08. The summed E-state index contributed by atoms with van der Waals surface area (Å²) >= 11 is 3.27. The lowest BCUT2D eigenvalue weighted by molar-refractivity contribution is 0.267. The molecule has 0 aliphatic rings. The van der Waals surface area contributed by atoms with E-state index in [1.54, 1.807) is 12.1 Å². The van der Waals surface area contributed by atoms with E-state index in [0.29, 0.717) is 5.56 Å². The zero-order valence-electron chi connectivity index (χ0n) is 6.37. The fourth-order valence-corrected chi connectivity index (χ4v) is 1.45. The zero-order chi connectivity index (χ0) is 9.14. The first-order chi connectivity index (χ1) is 5.65. The number of hydrogen-bond acceptors (Lipinski definition) is 3. The Labute approximate surface area is 79.0 Å². The van der Waals surface area contributed by atoms with Crippen molar-refractivity contribution in [2.24, 2.45) is 5.73 Å².